The van der Waals surface area contributed by atoms with Gasteiger partial charge in [-0.25, -0.2) is 0 Å². The highest BCUT2D eigenvalue weighted by Crippen LogP contribution is 2.15. The maximum atomic E-state index is 11.4. The van der Waals surface area contributed by atoms with E-state index in [0.29, 0.717) is 12.3 Å². The number of amides is 1. The first-order chi connectivity index (χ1) is 7.83. The molecule has 0 saturated carbocycles. The van der Waals surface area contributed by atoms with E-state index in [9.17, 15) is 4.79 Å². The van der Waals surface area contributed by atoms with Crippen molar-refractivity contribution in [2.45, 2.75) is 17.7 Å². The van der Waals surface area contributed by atoms with Crippen LogP contribution < -0.4 is 5.32 Å². The van der Waals surface area contributed by atoms with Crippen LogP contribution in [-0.4, -0.2) is 34.9 Å². The van der Waals surface area contributed by atoms with Crippen molar-refractivity contribution in [1.29, 1.82) is 0 Å². The lowest BCUT2D eigenvalue weighted by Gasteiger charge is -2.04. The second-order valence-corrected chi connectivity index (χ2v) is 4.30. The molecule has 0 aromatic carbocycles. The topological polar surface area (TPSA) is 62.2 Å². The zero-order valence-electron chi connectivity index (χ0n) is 9.06. The summed E-state index contributed by atoms with van der Waals surface area (Å²) in [6, 6.07) is 3.76. The number of nitrogens with zero attached hydrogens (tertiary/aromatic N) is 1. The van der Waals surface area contributed by atoms with Crippen molar-refractivity contribution >= 4 is 17.7 Å². The first kappa shape index (κ1) is 13.0. The Hall–Kier alpha value is -1.07. The Labute approximate surface area is 99.5 Å². The summed E-state index contributed by atoms with van der Waals surface area (Å²) < 4.78 is 0. The molecular weight excluding hydrogens is 224 g/mol. The van der Waals surface area contributed by atoms with Gasteiger partial charge in [0.2, 0.25) is 5.91 Å². The first-order valence-corrected chi connectivity index (χ1v) is 6.22. The summed E-state index contributed by atoms with van der Waals surface area (Å²) in [7, 11) is 0. The number of carbonyl (C=O) groups is 1. The van der Waals surface area contributed by atoms with E-state index in [1.54, 1.807) is 12.4 Å². The molecule has 5 heteroatoms. The van der Waals surface area contributed by atoms with Crippen LogP contribution in [0.4, 0.5) is 0 Å². The number of aliphatic hydroxyl groups is 1. The Morgan fingerprint density at radius 3 is 2.81 bits per heavy atom. The van der Waals surface area contributed by atoms with E-state index >= 15 is 0 Å². The first-order valence-electron chi connectivity index (χ1n) is 5.23. The van der Waals surface area contributed by atoms with Crippen LogP contribution in [0.2, 0.25) is 0 Å². The Kier molecular flexibility index (Phi) is 6.60. The lowest BCUT2D eigenvalue weighted by atomic mass is 10.3. The normalized spacial score (nSPS) is 10.1. The summed E-state index contributed by atoms with van der Waals surface area (Å²) in [5, 5.41) is 11.4. The largest absolute Gasteiger partial charge is 0.396 e. The minimum Gasteiger partial charge on any atom is -0.396 e. The highest BCUT2D eigenvalue weighted by Gasteiger charge is 2.01. The number of carbonyl (C=O) groups excluding carboxylic acids is 1. The second kappa shape index (κ2) is 8.13. The minimum atomic E-state index is 0.0275. The summed E-state index contributed by atoms with van der Waals surface area (Å²) in [5.74, 6) is 0.447. The average Bonchev–Trinajstić information content (AvgIpc) is 2.33. The van der Waals surface area contributed by atoms with Gasteiger partial charge in [0, 0.05) is 30.4 Å². The third-order valence-corrected chi connectivity index (χ3v) is 2.94. The van der Waals surface area contributed by atoms with Gasteiger partial charge in [-0.05, 0) is 25.0 Å². The van der Waals surface area contributed by atoms with E-state index in [-0.39, 0.29) is 12.5 Å². The number of pyridine rings is 1. The fraction of sp³-hybridized carbons (Fsp3) is 0.455. The Morgan fingerprint density at radius 1 is 1.38 bits per heavy atom. The molecule has 1 aromatic rings. The predicted octanol–water partition coefficient (Wildman–Crippen LogP) is 1.06. The number of hydrogen-bond acceptors (Lipinski definition) is 4. The van der Waals surface area contributed by atoms with E-state index < -0.39 is 0 Å². The predicted molar refractivity (Wildman–Crippen MR) is 64.3 cm³/mol. The number of nitrogens with one attached hydrogen (secondary N) is 1. The highest BCUT2D eigenvalue weighted by atomic mass is 32.2. The van der Waals surface area contributed by atoms with Crippen LogP contribution in [0, 0.1) is 0 Å². The third kappa shape index (κ3) is 5.72. The van der Waals surface area contributed by atoms with Gasteiger partial charge in [0.05, 0.1) is 5.75 Å². The molecule has 0 aliphatic heterocycles. The molecule has 1 heterocycles. The summed E-state index contributed by atoms with van der Waals surface area (Å²) in [4.78, 5) is 16.3. The number of rotatable bonds is 7. The molecule has 0 fully saturated rings. The molecule has 1 rings (SSSR count). The minimum absolute atomic E-state index is 0.0275. The molecule has 0 spiro atoms. The lowest BCUT2D eigenvalue weighted by Crippen LogP contribution is -2.26. The molecule has 0 bridgehead atoms. The van der Waals surface area contributed by atoms with E-state index in [4.69, 9.17) is 5.11 Å². The van der Waals surface area contributed by atoms with Gasteiger partial charge in [-0.15, -0.1) is 11.8 Å². The van der Waals surface area contributed by atoms with Gasteiger partial charge in [-0.3, -0.25) is 9.78 Å². The second-order valence-electron chi connectivity index (χ2n) is 3.25. The molecule has 0 saturated heterocycles. The smallest absolute Gasteiger partial charge is 0.230 e. The van der Waals surface area contributed by atoms with E-state index in [1.807, 2.05) is 12.1 Å². The summed E-state index contributed by atoms with van der Waals surface area (Å²) >= 11 is 1.49. The van der Waals surface area contributed by atoms with Crippen LogP contribution in [0.15, 0.2) is 29.4 Å². The molecule has 1 aromatic heterocycles. The molecule has 4 nitrogen and oxygen atoms in total. The maximum Gasteiger partial charge on any atom is 0.230 e. The van der Waals surface area contributed by atoms with Crippen molar-refractivity contribution in [3.8, 4) is 0 Å². The van der Waals surface area contributed by atoms with Crippen LogP contribution in [0.3, 0.4) is 0 Å². The van der Waals surface area contributed by atoms with Crippen molar-refractivity contribution in [3.63, 3.8) is 0 Å². The van der Waals surface area contributed by atoms with E-state index in [2.05, 4.69) is 10.3 Å². The van der Waals surface area contributed by atoms with Gasteiger partial charge in [-0.2, -0.15) is 0 Å². The number of thioether (sulfide) groups is 1. The van der Waals surface area contributed by atoms with Gasteiger partial charge in [0.1, 0.15) is 0 Å². The summed E-state index contributed by atoms with van der Waals surface area (Å²) in [6.45, 7) is 0.817. The van der Waals surface area contributed by atoms with Gasteiger partial charge >= 0.3 is 0 Å². The van der Waals surface area contributed by atoms with Gasteiger partial charge in [-0.1, -0.05) is 0 Å². The molecule has 88 valence electrons. The molecule has 1 amide bonds. The standard InChI is InChI=1S/C11H16N2O2S/c14-8-2-1-5-13-11(15)9-16-10-3-6-12-7-4-10/h3-4,6-7,14H,1-2,5,8-9H2,(H,13,15). The van der Waals surface area contributed by atoms with Crippen molar-refractivity contribution in [2.75, 3.05) is 18.9 Å². The summed E-state index contributed by atoms with van der Waals surface area (Å²) in [6.07, 6.45) is 4.98. The SMILES string of the molecule is O=C(CSc1ccncc1)NCCCCO. The third-order valence-electron chi connectivity index (χ3n) is 1.93. The van der Waals surface area contributed by atoms with Gasteiger partial charge < -0.3 is 10.4 Å². The van der Waals surface area contributed by atoms with Crippen LogP contribution in [0.25, 0.3) is 0 Å². The number of aliphatic hydroxyl groups excluding tert-OH is 1. The van der Waals surface area contributed by atoms with Crippen LogP contribution in [-0.2, 0) is 4.79 Å². The van der Waals surface area contributed by atoms with Crippen LogP contribution in [0.1, 0.15) is 12.8 Å². The Morgan fingerprint density at radius 2 is 2.12 bits per heavy atom. The maximum absolute atomic E-state index is 11.4. The lowest BCUT2D eigenvalue weighted by molar-refractivity contribution is -0.118. The molecule has 0 aliphatic rings. The molecule has 16 heavy (non-hydrogen) atoms. The van der Waals surface area contributed by atoms with Crippen molar-refractivity contribution in [1.82, 2.24) is 10.3 Å². The highest BCUT2D eigenvalue weighted by molar-refractivity contribution is 8.00. The Balaban J connectivity index is 2.11. The fourth-order valence-corrected chi connectivity index (χ4v) is 1.81. The number of aromatic nitrogens is 1. The Bertz CT molecular complexity index is 306. The summed E-state index contributed by atoms with van der Waals surface area (Å²) in [5.41, 5.74) is 0. The number of hydrogen-bond donors (Lipinski definition) is 2. The monoisotopic (exact) mass is 240 g/mol. The molecule has 0 radical (unpaired) electrons. The molecule has 0 atom stereocenters. The van der Waals surface area contributed by atoms with Gasteiger partial charge in [0.15, 0.2) is 0 Å². The quantitative estimate of drug-likeness (QED) is 0.552. The molecule has 0 aliphatic carbocycles. The van der Waals surface area contributed by atoms with Crippen LogP contribution in [0.5, 0.6) is 0 Å². The van der Waals surface area contributed by atoms with E-state index in [0.717, 1.165) is 17.7 Å². The van der Waals surface area contributed by atoms with Crippen molar-refractivity contribution < 1.29 is 9.90 Å². The van der Waals surface area contributed by atoms with Crippen molar-refractivity contribution in [3.05, 3.63) is 24.5 Å². The average molecular weight is 240 g/mol. The fourth-order valence-electron chi connectivity index (χ4n) is 1.10. The van der Waals surface area contributed by atoms with E-state index in [1.165, 1.54) is 11.8 Å². The zero-order chi connectivity index (χ0) is 11.6. The molecular formula is C11H16N2O2S. The number of unbranched alkanes of at least 4 members (excludes halogenated alkanes) is 1. The van der Waals surface area contributed by atoms with Crippen LogP contribution >= 0.6 is 11.8 Å². The van der Waals surface area contributed by atoms with Crippen molar-refractivity contribution in [2.24, 2.45) is 0 Å². The molecule has 2 N–H and O–H groups in total. The molecule has 0 unspecified atom stereocenters. The van der Waals surface area contributed by atoms with Gasteiger partial charge in [0.25, 0.3) is 0 Å². The zero-order valence-corrected chi connectivity index (χ0v) is 9.87.